The standard InChI is InChI=1S/C43H51FN8O8/c1-23(2)36(49-42(55)57-3)40(53)51-13-5-8-33(51)39-46-22-31(48-39)28-20-35-27(19-29(28)44)18-26-17-25(9-10-34(26)60-35)30-21-45-38(47-30)32-7-6-14-52(32)41(54)37(50-43(56)58-4)24-11-15-59-16-12-24/h9-10,17,19-24,32-33,36-37H,5-8,11-16,18H2,1-4H3,(H,45,47)(H,46,48)(H,49,55)(H,50,56)/t32-,33-,36-,37-/m0/s1. The Morgan fingerprint density at radius 2 is 1.42 bits per heavy atom. The van der Waals surface area contributed by atoms with Crippen molar-refractivity contribution in [2.75, 3.05) is 40.5 Å². The Morgan fingerprint density at radius 1 is 0.800 bits per heavy atom. The van der Waals surface area contributed by atoms with Crippen LogP contribution >= 0.6 is 0 Å². The second-order valence-corrected chi connectivity index (χ2v) is 16.2. The number of amides is 4. The normalized spacial score (nSPS) is 19.9. The lowest BCUT2D eigenvalue weighted by Crippen LogP contribution is -2.53. The summed E-state index contributed by atoms with van der Waals surface area (Å²) in [4.78, 5) is 71.4. The van der Waals surface area contributed by atoms with E-state index in [0.29, 0.717) is 92.0 Å². The van der Waals surface area contributed by atoms with Gasteiger partial charge in [-0.05, 0) is 86.3 Å². The molecule has 0 aliphatic carbocycles. The number of ether oxygens (including phenoxy) is 4. The minimum absolute atomic E-state index is 0.0607. The number of carbonyl (C=O) groups is 4. The number of hydrogen-bond acceptors (Lipinski definition) is 10. The molecule has 16 nitrogen and oxygen atoms in total. The number of rotatable bonds is 10. The van der Waals surface area contributed by atoms with Crippen LogP contribution in [0.5, 0.6) is 11.5 Å². The topological polar surface area (TPSA) is 193 Å². The second kappa shape index (κ2) is 17.3. The third-order valence-corrected chi connectivity index (χ3v) is 12.2. The molecular weight excluding hydrogens is 776 g/mol. The van der Waals surface area contributed by atoms with Crippen LogP contribution in [0.3, 0.4) is 0 Å². The third-order valence-electron chi connectivity index (χ3n) is 12.2. The van der Waals surface area contributed by atoms with Gasteiger partial charge in [0.25, 0.3) is 0 Å². The zero-order valence-corrected chi connectivity index (χ0v) is 34.2. The summed E-state index contributed by atoms with van der Waals surface area (Å²) >= 11 is 0. The van der Waals surface area contributed by atoms with Crippen molar-refractivity contribution in [1.29, 1.82) is 0 Å². The monoisotopic (exact) mass is 826 g/mol. The number of alkyl carbamates (subject to hydrolysis) is 2. The van der Waals surface area contributed by atoms with Crippen LogP contribution in [-0.2, 0) is 30.2 Å². The van der Waals surface area contributed by atoms with Crippen LogP contribution in [0.25, 0.3) is 22.5 Å². The van der Waals surface area contributed by atoms with Crippen LogP contribution in [0.4, 0.5) is 14.0 Å². The Labute approximate surface area is 346 Å². The number of benzene rings is 2. The van der Waals surface area contributed by atoms with Gasteiger partial charge in [-0.15, -0.1) is 0 Å². The zero-order valence-electron chi connectivity index (χ0n) is 34.2. The van der Waals surface area contributed by atoms with Crippen molar-refractivity contribution in [1.82, 2.24) is 40.4 Å². The molecule has 4 aliphatic heterocycles. The average Bonchev–Trinajstić information content (AvgIpc) is 4.10. The molecule has 4 aliphatic rings. The lowest BCUT2D eigenvalue weighted by Gasteiger charge is -2.34. The molecule has 4 amide bonds. The Morgan fingerprint density at radius 3 is 2.08 bits per heavy atom. The molecule has 318 valence electrons. The summed E-state index contributed by atoms with van der Waals surface area (Å²) in [6.45, 7) is 5.84. The number of fused-ring (bicyclic) bond motifs is 2. The molecule has 2 aromatic heterocycles. The fourth-order valence-electron chi connectivity index (χ4n) is 8.94. The van der Waals surface area contributed by atoms with Gasteiger partial charge in [-0.25, -0.2) is 23.9 Å². The Balaban J connectivity index is 0.962. The number of methoxy groups -OCH3 is 2. The highest BCUT2D eigenvalue weighted by molar-refractivity contribution is 5.87. The molecule has 0 unspecified atom stereocenters. The van der Waals surface area contributed by atoms with E-state index in [1.807, 2.05) is 36.9 Å². The minimum Gasteiger partial charge on any atom is -0.457 e. The number of aromatic nitrogens is 4. The van der Waals surface area contributed by atoms with Gasteiger partial charge in [0.1, 0.15) is 41.0 Å². The van der Waals surface area contributed by atoms with Crippen LogP contribution in [0.15, 0.2) is 42.7 Å². The van der Waals surface area contributed by atoms with Gasteiger partial charge in [-0.1, -0.05) is 13.8 Å². The summed E-state index contributed by atoms with van der Waals surface area (Å²) in [6.07, 6.45) is 6.74. The van der Waals surface area contributed by atoms with Crippen LogP contribution in [0.1, 0.15) is 87.2 Å². The average molecular weight is 827 g/mol. The van der Waals surface area contributed by atoms with Gasteiger partial charge >= 0.3 is 12.2 Å². The number of aromatic amines is 2. The van der Waals surface area contributed by atoms with E-state index in [2.05, 4.69) is 25.6 Å². The third kappa shape index (κ3) is 8.14. The highest BCUT2D eigenvalue weighted by Gasteiger charge is 2.41. The van der Waals surface area contributed by atoms with Gasteiger partial charge in [0.05, 0.1) is 50.1 Å². The number of nitrogens with zero attached hydrogens (tertiary/aromatic N) is 4. The fraction of sp³-hybridized carbons (Fsp3) is 0.488. The second-order valence-electron chi connectivity index (χ2n) is 16.2. The van der Waals surface area contributed by atoms with E-state index in [4.69, 9.17) is 23.9 Å². The molecule has 0 spiro atoms. The molecular formula is C43H51FN8O8. The molecule has 2 aromatic carbocycles. The Kier molecular flexibility index (Phi) is 11.8. The van der Waals surface area contributed by atoms with Gasteiger partial charge in [-0.3, -0.25) is 9.59 Å². The number of carbonyl (C=O) groups excluding carboxylic acids is 4. The lowest BCUT2D eigenvalue weighted by molar-refractivity contribution is -0.137. The highest BCUT2D eigenvalue weighted by atomic mass is 19.1. The van der Waals surface area contributed by atoms with Crippen molar-refractivity contribution in [3.05, 3.63) is 71.3 Å². The van der Waals surface area contributed by atoms with E-state index in [0.717, 1.165) is 36.1 Å². The van der Waals surface area contributed by atoms with Crippen LogP contribution in [0.2, 0.25) is 0 Å². The molecule has 4 N–H and O–H groups in total. The van der Waals surface area contributed by atoms with E-state index in [-0.39, 0.29) is 35.7 Å². The van der Waals surface area contributed by atoms with Gasteiger partial charge in [0, 0.05) is 49.4 Å². The molecule has 3 saturated heterocycles. The maximum Gasteiger partial charge on any atom is 0.407 e. The number of halogens is 1. The zero-order chi connectivity index (χ0) is 42.1. The molecule has 0 bridgehead atoms. The number of H-pyrrole nitrogens is 2. The molecule has 3 fully saturated rings. The number of hydrogen-bond donors (Lipinski definition) is 4. The van der Waals surface area contributed by atoms with Crippen LogP contribution in [-0.4, -0.2) is 106 Å². The summed E-state index contributed by atoms with van der Waals surface area (Å²) in [5.74, 6) is 1.34. The first-order chi connectivity index (χ1) is 29.0. The first kappa shape index (κ1) is 40.8. The number of nitrogens with one attached hydrogen (secondary N) is 4. The predicted molar refractivity (Wildman–Crippen MR) is 215 cm³/mol. The predicted octanol–water partition coefficient (Wildman–Crippen LogP) is 6.16. The smallest absolute Gasteiger partial charge is 0.407 e. The highest BCUT2D eigenvalue weighted by Crippen LogP contribution is 2.42. The van der Waals surface area contributed by atoms with E-state index >= 15 is 4.39 Å². The van der Waals surface area contributed by atoms with Crippen LogP contribution in [0, 0.1) is 17.7 Å². The van der Waals surface area contributed by atoms with Crippen molar-refractivity contribution < 1.29 is 42.5 Å². The molecule has 4 atom stereocenters. The molecule has 0 saturated carbocycles. The van der Waals surface area contributed by atoms with Crippen molar-refractivity contribution in [2.24, 2.45) is 11.8 Å². The summed E-state index contributed by atoms with van der Waals surface area (Å²) in [7, 11) is 2.55. The van der Waals surface area contributed by atoms with Crippen molar-refractivity contribution in [2.45, 2.75) is 83.0 Å². The largest absolute Gasteiger partial charge is 0.457 e. The molecule has 8 rings (SSSR count). The lowest BCUT2D eigenvalue weighted by atomic mass is 9.90. The maximum absolute atomic E-state index is 15.9. The Bertz CT molecular complexity index is 2250. The Hall–Kier alpha value is -5.97. The first-order valence-electron chi connectivity index (χ1n) is 20.6. The summed E-state index contributed by atoms with van der Waals surface area (Å²) in [5, 5.41) is 5.45. The molecule has 0 radical (unpaired) electrons. The minimum atomic E-state index is -0.765. The van der Waals surface area contributed by atoms with Gasteiger partial charge < -0.3 is 49.3 Å². The number of imidazole rings is 2. The quantitative estimate of drug-likeness (QED) is 0.127. The summed E-state index contributed by atoms with van der Waals surface area (Å²) in [5.41, 5.74) is 3.95. The van der Waals surface area contributed by atoms with E-state index in [9.17, 15) is 19.2 Å². The van der Waals surface area contributed by atoms with Gasteiger partial charge in [-0.2, -0.15) is 0 Å². The summed E-state index contributed by atoms with van der Waals surface area (Å²) in [6, 6.07) is 6.86. The molecule has 60 heavy (non-hydrogen) atoms. The molecule has 4 aromatic rings. The van der Waals surface area contributed by atoms with E-state index in [1.54, 1.807) is 23.4 Å². The molecule has 6 heterocycles. The summed E-state index contributed by atoms with van der Waals surface area (Å²) < 4.78 is 37.4. The van der Waals surface area contributed by atoms with Crippen molar-refractivity contribution in [3.8, 4) is 34.0 Å². The first-order valence-corrected chi connectivity index (χ1v) is 20.6. The van der Waals surface area contributed by atoms with Crippen LogP contribution < -0.4 is 15.4 Å². The SMILES string of the molecule is COC(=O)N[C@H](C(=O)N1CCC[C@H]1c1ncc(-c2cc3c(cc2F)Cc2cc(-c4cnc([C@@H]5CCCN5C(=O)[C@@H](NC(=O)OC)C5CCOCC5)[nH]4)ccc2O3)[nH]1)C(C)C. The fourth-order valence-corrected chi connectivity index (χ4v) is 8.94. The molecule has 17 heteroatoms. The van der Waals surface area contributed by atoms with E-state index < -0.39 is 30.1 Å². The van der Waals surface area contributed by atoms with Crippen molar-refractivity contribution >= 4 is 24.0 Å². The maximum atomic E-state index is 15.9. The van der Waals surface area contributed by atoms with Gasteiger partial charge in [0.15, 0.2) is 0 Å². The van der Waals surface area contributed by atoms with Crippen molar-refractivity contribution in [3.63, 3.8) is 0 Å². The van der Waals surface area contributed by atoms with Gasteiger partial charge in [0.2, 0.25) is 11.8 Å². The number of likely N-dealkylation sites (tertiary alicyclic amines) is 2. The van der Waals surface area contributed by atoms with E-state index in [1.165, 1.54) is 20.3 Å².